The van der Waals surface area contributed by atoms with Gasteiger partial charge in [-0.1, -0.05) is 15.9 Å². The van der Waals surface area contributed by atoms with Crippen molar-refractivity contribution in [2.24, 2.45) is 0 Å². The summed E-state index contributed by atoms with van der Waals surface area (Å²) in [5, 5.41) is 0.234. The van der Waals surface area contributed by atoms with Gasteiger partial charge in [0.15, 0.2) is 0 Å². The molecule has 0 aliphatic heterocycles. The lowest BCUT2D eigenvalue weighted by molar-refractivity contribution is 0.567. The van der Waals surface area contributed by atoms with Crippen molar-refractivity contribution in [2.45, 2.75) is 0 Å². The summed E-state index contributed by atoms with van der Waals surface area (Å²) in [6, 6.07) is 6.29. The Kier molecular flexibility index (Phi) is 2.52. The van der Waals surface area contributed by atoms with Crippen molar-refractivity contribution >= 4 is 29.3 Å². The minimum atomic E-state index is -2.68. The second-order valence-corrected chi connectivity index (χ2v) is 3.64. The summed E-state index contributed by atoms with van der Waals surface area (Å²) in [5.74, 6) is 0. The van der Waals surface area contributed by atoms with Gasteiger partial charge in [0.25, 0.3) is 0 Å². The Morgan fingerprint density at radius 3 is 2.20 bits per heavy atom. The van der Waals surface area contributed by atoms with Crippen LogP contribution in [0.4, 0.5) is 4.20 Å². The molecular weight excluding hydrogens is 218 g/mol. The lowest BCUT2D eigenvalue weighted by atomic mass is 10.4. The zero-order chi connectivity index (χ0) is 7.56. The van der Waals surface area contributed by atoms with E-state index in [0.717, 1.165) is 4.47 Å². The predicted octanol–water partition coefficient (Wildman–Crippen LogP) is 2.79. The van der Waals surface area contributed by atoms with Gasteiger partial charge in [-0.05, 0) is 28.8 Å². The predicted molar refractivity (Wildman–Crippen MR) is 42.5 cm³/mol. The molecule has 0 amide bonds. The van der Waals surface area contributed by atoms with Crippen molar-refractivity contribution in [3.8, 4) is 0 Å². The van der Waals surface area contributed by atoms with Crippen LogP contribution in [0.1, 0.15) is 0 Å². The van der Waals surface area contributed by atoms with Crippen LogP contribution in [0.3, 0.4) is 0 Å². The molecule has 0 saturated heterocycles. The van der Waals surface area contributed by atoms with Crippen LogP contribution in [0.5, 0.6) is 0 Å². The second kappa shape index (κ2) is 3.22. The van der Waals surface area contributed by atoms with Crippen molar-refractivity contribution in [1.82, 2.24) is 0 Å². The van der Waals surface area contributed by atoms with Crippen LogP contribution in [0, 0.1) is 0 Å². The molecule has 1 rings (SSSR count). The van der Waals surface area contributed by atoms with Crippen LogP contribution in [-0.4, -0.2) is 0 Å². The van der Waals surface area contributed by atoms with E-state index in [0.29, 0.717) is 0 Å². The average Bonchev–Trinajstić information content (AvgIpc) is 1.88. The normalized spacial score (nSPS) is 11.2. The molecule has 0 spiro atoms. The van der Waals surface area contributed by atoms with Gasteiger partial charge in [-0.15, -0.1) is 0 Å². The van der Waals surface area contributed by atoms with Crippen LogP contribution in [0.2, 0.25) is 0 Å². The maximum absolute atomic E-state index is 12.1. The third-order valence-electron chi connectivity index (χ3n) is 1.03. The summed E-state index contributed by atoms with van der Waals surface area (Å²) in [6.45, 7) is 0. The van der Waals surface area contributed by atoms with Gasteiger partial charge >= 0.3 is 8.11 Å². The molecule has 0 saturated carbocycles. The van der Waals surface area contributed by atoms with Crippen LogP contribution < -0.4 is 5.30 Å². The molecule has 1 aromatic carbocycles. The van der Waals surface area contributed by atoms with Gasteiger partial charge in [-0.2, -0.15) is 0 Å². The molecule has 1 unspecified atom stereocenters. The zero-order valence-electron chi connectivity index (χ0n) is 4.92. The lowest BCUT2D eigenvalue weighted by Gasteiger charge is -1.83. The first-order chi connectivity index (χ1) is 4.70. The fourth-order valence-electron chi connectivity index (χ4n) is 0.558. The standard InChI is InChI=1S/C6H4BrFOP/c7-5-1-3-6(4-2-5)10(8)9/h1-4H/q+1. The third-order valence-corrected chi connectivity index (χ3v) is 2.26. The number of hydrogen-bond acceptors (Lipinski definition) is 1. The fraction of sp³-hybridized carbons (Fsp3) is 0. The minimum Gasteiger partial charge on any atom is -0.0508 e. The van der Waals surface area contributed by atoms with Crippen LogP contribution in [0.25, 0.3) is 0 Å². The molecule has 0 N–H and O–H groups in total. The first-order valence-electron chi connectivity index (χ1n) is 2.59. The van der Waals surface area contributed by atoms with Gasteiger partial charge < -0.3 is 0 Å². The maximum Gasteiger partial charge on any atom is 0.597 e. The zero-order valence-corrected chi connectivity index (χ0v) is 7.40. The van der Waals surface area contributed by atoms with E-state index in [1.807, 2.05) is 0 Å². The van der Waals surface area contributed by atoms with Crippen LogP contribution in [-0.2, 0) is 4.57 Å². The molecule has 0 aromatic heterocycles. The van der Waals surface area contributed by atoms with E-state index in [-0.39, 0.29) is 5.30 Å². The highest BCUT2D eigenvalue weighted by atomic mass is 79.9. The Bertz CT molecular complexity index is 246. The summed E-state index contributed by atoms with van der Waals surface area (Å²) in [6.07, 6.45) is 0. The Morgan fingerprint density at radius 2 is 1.80 bits per heavy atom. The van der Waals surface area contributed by atoms with E-state index in [1.165, 1.54) is 12.1 Å². The first kappa shape index (κ1) is 7.83. The van der Waals surface area contributed by atoms with Crippen molar-refractivity contribution in [3.63, 3.8) is 0 Å². The SMILES string of the molecule is O=[P+](F)c1ccc(Br)cc1. The summed E-state index contributed by atoms with van der Waals surface area (Å²) in [5.41, 5.74) is 0. The summed E-state index contributed by atoms with van der Waals surface area (Å²) in [7, 11) is -2.68. The molecule has 1 aromatic rings. The van der Waals surface area contributed by atoms with Crippen molar-refractivity contribution in [2.75, 3.05) is 0 Å². The highest BCUT2D eigenvalue weighted by Crippen LogP contribution is 2.21. The molecule has 0 bridgehead atoms. The van der Waals surface area contributed by atoms with E-state index in [4.69, 9.17) is 0 Å². The van der Waals surface area contributed by atoms with Crippen molar-refractivity contribution < 1.29 is 8.76 Å². The molecule has 0 radical (unpaired) electrons. The molecule has 0 fully saturated rings. The summed E-state index contributed by atoms with van der Waals surface area (Å²) >= 11 is 3.18. The molecular formula is C6H4BrFOP+. The van der Waals surface area contributed by atoms with Gasteiger partial charge in [0.2, 0.25) is 5.30 Å². The highest BCUT2D eigenvalue weighted by molar-refractivity contribution is 9.10. The van der Waals surface area contributed by atoms with E-state index >= 15 is 0 Å². The molecule has 1 nitrogen and oxygen atoms in total. The highest BCUT2D eigenvalue weighted by Gasteiger charge is 2.17. The first-order valence-corrected chi connectivity index (χ1v) is 4.53. The fourth-order valence-corrected chi connectivity index (χ4v) is 1.21. The molecule has 4 heteroatoms. The monoisotopic (exact) mass is 221 g/mol. The van der Waals surface area contributed by atoms with E-state index in [9.17, 15) is 8.76 Å². The van der Waals surface area contributed by atoms with Crippen molar-refractivity contribution in [3.05, 3.63) is 28.7 Å². The Balaban J connectivity index is 3.00. The summed E-state index contributed by atoms with van der Waals surface area (Å²) < 4.78 is 23.1. The Hall–Kier alpha value is -0.270. The van der Waals surface area contributed by atoms with Gasteiger partial charge in [0.1, 0.15) is 0 Å². The molecule has 0 aliphatic carbocycles. The van der Waals surface area contributed by atoms with E-state index in [2.05, 4.69) is 15.9 Å². The van der Waals surface area contributed by atoms with E-state index in [1.54, 1.807) is 12.1 Å². The molecule has 10 heavy (non-hydrogen) atoms. The molecule has 0 heterocycles. The molecule has 1 atom stereocenters. The minimum absolute atomic E-state index is 0.234. The van der Waals surface area contributed by atoms with Gasteiger partial charge in [-0.25, -0.2) is 0 Å². The van der Waals surface area contributed by atoms with Gasteiger partial charge in [0.05, 0.1) is 4.20 Å². The van der Waals surface area contributed by atoms with Gasteiger partial charge in [-0.3, -0.25) is 0 Å². The topological polar surface area (TPSA) is 17.1 Å². The number of halogens is 2. The Labute approximate surface area is 67.3 Å². The smallest absolute Gasteiger partial charge is 0.0508 e. The largest absolute Gasteiger partial charge is 0.597 e. The number of hydrogen-bond donors (Lipinski definition) is 0. The Morgan fingerprint density at radius 1 is 1.30 bits per heavy atom. The van der Waals surface area contributed by atoms with E-state index < -0.39 is 8.11 Å². The van der Waals surface area contributed by atoms with Crippen LogP contribution >= 0.6 is 24.0 Å². The number of benzene rings is 1. The average molecular weight is 222 g/mol. The maximum atomic E-state index is 12.1. The van der Waals surface area contributed by atoms with Crippen LogP contribution in [0.15, 0.2) is 28.7 Å². The number of rotatable bonds is 1. The third kappa shape index (κ3) is 1.86. The second-order valence-electron chi connectivity index (χ2n) is 1.72. The molecule has 0 aliphatic rings. The van der Waals surface area contributed by atoms with Crippen molar-refractivity contribution in [1.29, 1.82) is 0 Å². The quantitative estimate of drug-likeness (QED) is 0.667. The lowest BCUT2D eigenvalue weighted by Crippen LogP contribution is -1.90. The van der Waals surface area contributed by atoms with Gasteiger partial charge in [0, 0.05) is 4.47 Å². The summed E-state index contributed by atoms with van der Waals surface area (Å²) in [4.78, 5) is 0. The molecule has 52 valence electrons.